The summed E-state index contributed by atoms with van der Waals surface area (Å²) in [6.45, 7) is 2.46. The van der Waals surface area contributed by atoms with E-state index in [9.17, 15) is 4.39 Å². The van der Waals surface area contributed by atoms with E-state index in [0.717, 1.165) is 5.56 Å². The zero-order chi connectivity index (χ0) is 13.4. The van der Waals surface area contributed by atoms with Crippen LogP contribution in [0.2, 0.25) is 0 Å². The van der Waals surface area contributed by atoms with Gasteiger partial charge < -0.3 is 4.74 Å². The molecule has 0 aliphatic heterocycles. The van der Waals surface area contributed by atoms with Crippen molar-refractivity contribution >= 4 is 13.6 Å². The predicted octanol–water partition coefficient (Wildman–Crippen LogP) is 4.36. The van der Waals surface area contributed by atoms with Gasteiger partial charge in [-0.3, -0.25) is 0 Å². The fraction of sp³-hybridized carbons (Fsp3) is 0.143. The van der Waals surface area contributed by atoms with Crippen molar-refractivity contribution in [2.45, 2.75) is 13.5 Å². The molecule has 0 spiro atoms. The summed E-state index contributed by atoms with van der Waals surface area (Å²) < 4.78 is 18.3. The quantitative estimate of drug-likeness (QED) is 0.584. The topological polar surface area (TPSA) is 9.23 Å². The van der Waals surface area contributed by atoms with E-state index in [1.165, 1.54) is 40.1 Å². The number of benzene rings is 2. The summed E-state index contributed by atoms with van der Waals surface area (Å²) in [5.74, 6) is 0.127. The van der Waals surface area contributed by atoms with Crippen LogP contribution in [0.25, 0.3) is 0 Å². The summed E-state index contributed by atoms with van der Waals surface area (Å²) in [4.78, 5) is 0. The molecule has 0 N–H and O–H groups in total. The predicted molar refractivity (Wildman–Crippen MR) is 69.7 cm³/mol. The number of ether oxygens (including phenoxy) is 1. The van der Waals surface area contributed by atoms with Gasteiger partial charge in [0, 0.05) is 11.6 Å². The number of hydrogen-bond donors (Lipinski definition) is 0. The van der Waals surface area contributed by atoms with E-state index in [2.05, 4.69) is 19.7 Å². The molecule has 0 saturated heterocycles. The van der Waals surface area contributed by atoms with Crippen LogP contribution in [0.1, 0.15) is 11.1 Å². The van der Waals surface area contributed by atoms with Crippen LogP contribution in [-0.2, 0) is 22.9 Å². The molecule has 2 aromatic carbocycles. The molecule has 0 saturated carbocycles. The molecular formula is C14H12BrFOZn. The molecule has 0 bridgehead atoms. The fourth-order valence-electron chi connectivity index (χ4n) is 1.43. The first-order valence-corrected chi connectivity index (χ1v) is 12.3. The summed E-state index contributed by atoms with van der Waals surface area (Å²) in [6.07, 6.45) is 0. The Morgan fingerprint density at radius 2 is 2.00 bits per heavy atom. The van der Waals surface area contributed by atoms with Crippen molar-refractivity contribution < 1.29 is 25.5 Å². The van der Waals surface area contributed by atoms with Gasteiger partial charge >= 0.3 is 30.0 Å². The summed E-state index contributed by atoms with van der Waals surface area (Å²) in [7, 11) is 0. The van der Waals surface area contributed by atoms with Gasteiger partial charge in [-0.05, 0) is 18.1 Å². The minimum atomic E-state index is -0.307. The molecule has 90 valence electrons. The van der Waals surface area contributed by atoms with E-state index in [-0.39, 0.29) is 5.82 Å². The van der Waals surface area contributed by atoms with Crippen LogP contribution in [0.15, 0.2) is 42.5 Å². The number of hydrogen-bond acceptors (Lipinski definition) is 1. The van der Waals surface area contributed by atoms with Crippen LogP contribution in [0, 0.1) is 18.8 Å². The van der Waals surface area contributed by atoms with E-state index in [4.69, 9.17) is 4.74 Å². The van der Waals surface area contributed by atoms with Crippen molar-refractivity contribution in [3.8, 4) is 5.75 Å². The van der Waals surface area contributed by atoms with Gasteiger partial charge in [-0.15, -0.1) is 12.1 Å². The van der Waals surface area contributed by atoms with Crippen molar-refractivity contribution in [3.63, 3.8) is 0 Å². The van der Waals surface area contributed by atoms with E-state index in [1.807, 2.05) is 31.2 Å². The Hall–Kier alpha value is -0.727. The third-order valence-electron chi connectivity index (χ3n) is 2.38. The second kappa shape index (κ2) is 8.39. The molecule has 2 aromatic rings. The van der Waals surface area contributed by atoms with Crippen molar-refractivity contribution in [2.24, 2.45) is 0 Å². The van der Waals surface area contributed by atoms with E-state index in [1.54, 1.807) is 0 Å². The van der Waals surface area contributed by atoms with Crippen molar-refractivity contribution in [1.29, 1.82) is 0 Å². The Kier molecular flexibility index (Phi) is 7.14. The van der Waals surface area contributed by atoms with Crippen LogP contribution >= 0.6 is 13.6 Å². The molecule has 18 heavy (non-hydrogen) atoms. The first kappa shape index (κ1) is 15.3. The van der Waals surface area contributed by atoms with Crippen molar-refractivity contribution in [1.82, 2.24) is 0 Å². The van der Waals surface area contributed by atoms with Crippen molar-refractivity contribution in [2.75, 3.05) is 0 Å². The average molecular weight is 361 g/mol. The zero-order valence-electron chi connectivity index (χ0n) is 10.1. The summed E-state index contributed by atoms with van der Waals surface area (Å²) >= 11 is 4.25. The Morgan fingerprint density at radius 1 is 1.28 bits per heavy atom. The van der Waals surface area contributed by atoms with Crippen LogP contribution in [0.3, 0.4) is 0 Å². The molecule has 4 heteroatoms. The van der Waals surface area contributed by atoms with Gasteiger partial charge in [0.2, 0.25) is 0 Å². The molecule has 0 aromatic heterocycles. The Bertz CT molecular complexity index is 491. The second-order valence-corrected chi connectivity index (χ2v) is 3.59. The van der Waals surface area contributed by atoms with Crippen molar-refractivity contribution in [3.05, 3.63) is 65.5 Å². The van der Waals surface area contributed by atoms with Gasteiger partial charge in [-0.2, -0.15) is 6.07 Å². The summed E-state index contributed by atoms with van der Waals surface area (Å²) in [5, 5.41) is 0. The summed E-state index contributed by atoms with van der Waals surface area (Å²) in [5.41, 5.74) is 2.26. The van der Waals surface area contributed by atoms with E-state index < -0.39 is 0 Å². The molecule has 1 nitrogen and oxygen atoms in total. The molecular weight excluding hydrogens is 348 g/mol. The van der Waals surface area contributed by atoms with Gasteiger partial charge in [-0.1, -0.05) is 30.3 Å². The third kappa shape index (κ3) is 4.87. The molecule has 0 aliphatic carbocycles. The van der Waals surface area contributed by atoms with Crippen LogP contribution in [-0.4, -0.2) is 0 Å². The van der Waals surface area contributed by atoms with Gasteiger partial charge in [0.15, 0.2) is 0 Å². The Balaban J connectivity index is 0.000000771. The SMILES string of the molecule is Cc1ccccc1COc1[c-]ccc(F)c1.[Zn+][Br]. The van der Waals surface area contributed by atoms with E-state index >= 15 is 0 Å². The molecule has 0 unspecified atom stereocenters. The number of aryl methyl sites for hydroxylation is 1. The molecule has 0 aliphatic rings. The first-order chi connectivity index (χ1) is 8.75. The molecule has 0 radical (unpaired) electrons. The zero-order valence-corrected chi connectivity index (χ0v) is 14.7. The second-order valence-electron chi connectivity index (χ2n) is 3.59. The Labute approximate surface area is 123 Å². The third-order valence-corrected chi connectivity index (χ3v) is 2.38. The molecule has 2 rings (SSSR count). The van der Waals surface area contributed by atoms with Gasteiger partial charge in [0.1, 0.15) is 6.61 Å². The molecule has 0 fully saturated rings. The molecule has 0 amide bonds. The van der Waals surface area contributed by atoms with Crippen LogP contribution < -0.4 is 4.74 Å². The first-order valence-electron chi connectivity index (χ1n) is 5.37. The average Bonchev–Trinajstić information content (AvgIpc) is 2.40. The number of rotatable bonds is 3. The minimum absolute atomic E-state index is 0.307. The Morgan fingerprint density at radius 3 is 2.67 bits per heavy atom. The standard InChI is InChI=1S/C14H12FO.BrH.Zn/c1-11-5-2-3-6-12(11)10-16-14-8-4-7-13(15)9-14;;/h2-7,9H,10H2,1H3;1H;/q-1;;+2/p-1. The maximum atomic E-state index is 12.9. The van der Waals surface area contributed by atoms with Crippen LogP contribution in [0.4, 0.5) is 4.39 Å². The summed E-state index contributed by atoms with van der Waals surface area (Å²) in [6, 6.07) is 15.0. The monoisotopic (exact) mass is 358 g/mol. The van der Waals surface area contributed by atoms with Crippen LogP contribution in [0.5, 0.6) is 5.75 Å². The molecule has 0 heterocycles. The molecule has 0 atom stereocenters. The van der Waals surface area contributed by atoms with Gasteiger partial charge in [0.25, 0.3) is 0 Å². The van der Waals surface area contributed by atoms with E-state index in [0.29, 0.717) is 12.4 Å². The number of halogens is 2. The maximum absolute atomic E-state index is 12.9. The van der Waals surface area contributed by atoms with Gasteiger partial charge in [0.05, 0.1) is 0 Å². The normalized spacial score (nSPS) is 9.39. The van der Waals surface area contributed by atoms with Gasteiger partial charge in [-0.25, -0.2) is 4.39 Å². The fourth-order valence-corrected chi connectivity index (χ4v) is 1.43.